The molecule has 0 fully saturated rings. The average molecular weight is 757 g/mol. The first kappa shape index (κ1) is 35.8. The molecule has 7 aromatic carbocycles. The van der Waals surface area contributed by atoms with E-state index in [1.807, 2.05) is 11.3 Å². The van der Waals surface area contributed by atoms with Gasteiger partial charge >= 0.3 is 0 Å². The Bertz CT molecular complexity index is 2800. The lowest BCUT2D eigenvalue weighted by molar-refractivity contribution is 0.588. The maximum Gasteiger partial charge on any atom is 0.247 e. The molecular weight excluding hydrogens is 707 g/mol. The summed E-state index contributed by atoms with van der Waals surface area (Å²) >= 11 is 1.93. The van der Waals surface area contributed by atoms with Crippen molar-refractivity contribution in [2.24, 2.45) is 0 Å². The average Bonchev–Trinajstić information content (AvgIpc) is 3.58. The molecule has 57 heavy (non-hydrogen) atoms. The van der Waals surface area contributed by atoms with Crippen LogP contribution in [0.1, 0.15) is 77.6 Å². The van der Waals surface area contributed by atoms with Crippen LogP contribution in [0.15, 0.2) is 152 Å². The van der Waals surface area contributed by atoms with Crippen molar-refractivity contribution in [3.63, 3.8) is 0 Å². The van der Waals surface area contributed by atoms with E-state index in [0.29, 0.717) is 0 Å². The van der Waals surface area contributed by atoms with Gasteiger partial charge in [0.15, 0.2) is 0 Å². The van der Waals surface area contributed by atoms with Crippen LogP contribution in [0, 0.1) is 0 Å². The summed E-state index contributed by atoms with van der Waals surface area (Å²) in [6.07, 6.45) is 0. The van der Waals surface area contributed by atoms with E-state index in [4.69, 9.17) is 0 Å². The highest BCUT2D eigenvalue weighted by Gasteiger charge is 2.47. The summed E-state index contributed by atoms with van der Waals surface area (Å²) in [6, 6.07) is 57.3. The third kappa shape index (κ3) is 5.59. The predicted octanol–water partition coefficient (Wildman–Crippen LogP) is 13.1. The molecule has 4 heteroatoms. The molecule has 0 saturated carbocycles. The summed E-state index contributed by atoms with van der Waals surface area (Å²) in [5.74, 6) is 0. The van der Waals surface area contributed by atoms with Gasteiger partial charge in [-0.05, 0) is 98.6 Å². The minimum Gasteiger partial charge on any atom is -0.310 e. The van der Waals surface area contributed by atoms with Crippen LogP contribution in [0.25, 0.3) is 20.2 Å². The molecule has 0 N–H and O–H groups in total. The molecular formula is C53H49BN2S. The Hall–Kier alpha value is -5.58. The van der Waals surface area contributed by atoms with E-state index in [1.165, 1.54) is 75.9 Å². The van der Waals surface area contributed by atoms with Gasteiger partial charge in [0.2, 0.25) is 6.71 Å². The molecule has 0 atom stereocenters. The Morgan fingerprint density at radius 2 is 1.16 bits per heavy atom. The summed E-state index contributed by atoms with van der Waals surface area (Å²) in [5.41, 5.74) is 16.7. The van der Waals surface area contributed by atoms with E-state index >= 15 is 0 Å². The van der Waals surface area contributed by atoms with E-state index in [1.54, 1.807) is 0 Å². The molecule has 1 aromatic heterocycles. The molecule has 10 rings (SSSR count). The largest absolute Gasteiger partial charge is 0.310 e. The van der Waals surface area contributed by atoms with E-state index in [-0.39, 0.29) is 23.0 Å². The molecule has 2 nitrogen and oxygen atoms in total. The van der Waals surface area contributed by atoms with Gasteiger partial charge in [0.25, 0.3) is 0 Å². The number of rotatable bonds is 4. The summed E-state index contributed by atoms with van der Waals surface area (Å²) in [7, 11) is 0. The zero-order valence-electron chi connectivity index (χ0n) is 34.3. The maximum absolute atomic E-state index is 2.63. The number of anilines is 6. The van der Waals surface area contributed by atoms with Crippen molar-refractivity contribution in [1.82, 2.24) is 0 Å². The van der Waals surface area contributed by atoms with Crippen molar-refractivity contribution in [3.05, 3.63) is 174 Å². The van der Waals surface area contributed by atoms with Crippen LogP contribution in [-0.4, -0.2) is 6.71 Å². The van der Waals surface area contributed by atoms with E-state index in [0.717, 1.165) is 17.1 Å². The third-order valence-corrected chi connectivity index (χ3v) is 13.8. The van der Waals surface area contributed by atoms with Crippen LogP contribution >= 0.6 is 11.3 Å². The second kappa shape index (κ2) is 12.7. The third-order valence-electron chi connectivity index (χ3n) is 12.6. The van der Waals surface area contributed by atoms with Crippen molar-refractivity contribution >= 4 is 88.7 Å². The molecule has 0 saturated heterocycles. The molecule has 8 aromatic rings. The Balaban J connectivity index is 1.36. The van der Waals surface area contributed by atoms with E-state index < -0.39 is 0 Å². The van der Waals surface area contributed by atoms with Crippen LogP contribution < -0.4 is 26.2 Å². The van der Waals surface area contributed by atoms with Gasteiger partial charge in [-0.25, -0.2) is 0 Å². The van der Waals surface area contributed by atoms with Crippen molar-refractivity contribution in [1.29, 1.82) is 0 Å². The Morgan fingerprint density at radius 3 is 1.81 bits per heavy atom. The number of fused-ring (bicyclic) bond motifs is 8. The number of benzene rings is 7. The zero-order chi connectivity index (χ0) is 39.4. The summed E-state index contributed by atoms with van der Waals surface area (Å²) in [4.78, 5) is 5.07. The first-order valence-corrected chi connectivity index (χ1v) is 21.2. The van der Waals surface area contributed by atoms with Crippen molar-refractivity contribution in [2.45, 2.75) is 71.6 Å². The molecule has 0 amide bonds. The van der Waals surface area contributed by atoms with Gasteiger partial charge in [-0.1, -0.05) is 158 Å². The van der Waals surface area contributed by atoms with Gasteiger partial charge < -0.3 is 9.80 Å². The van der Waals surface area contributed by atoms with Crippen molar-refractivity contribution in [2.75, 3.05) is 9.80 Å². The highest BCUT2D eigenvalue weighted by atomic mass is 32.1. The lowest BCUT2D eigenvalue weighted by Gasteiger charge is -2.46. The van der Waals surface area contributed by atoms with Crippen LogP contribution in [0.4, 0.5) is 34.1 Å². The Labute approximate surface area is 342 Å². The molecule has 2 aliphatic rings. The molecule has 280 valence electrons. The number of thiophene rings is 1. The van der Waals surface area contributed by atoms with Gasteiger partial charge in [-0.3, -0.25) is 0 Å². The number of para-hydroxylation sites is 2. The van der Waals surface area contributed by atoms with Crippen LogP contribution in [-0.2, 0) is 16.2 Å². The fourth-order valence-electron chi connectivity index (χ4n) is 9.57. The first-order valence-electron chi connectivity index (χ1n) is 20.4. The minimum absolute atomic E-state index is 0.0196. The van der Waals surface area contributed by atoms with Crippen molar-refractivity contribution < 1.29 is 0 Å². The second-order valence-corrected chi connectivity index (χ2v) is 19.7. The highest BCUT2D eigenvalue weighted by molar-refractivity contribution is 7.26. The molecule has 2 aliphatic heterocycles. The van der Waals surface area contributed by atoms with Gasteiger partial charge in [0.05, 0.1) is 10.4 Å². The maximum atomic E-state index is 2.63. The fourth-order valence-corrected chi connectivity index (χ4v) is 10.8. The standard InChI is InChI=1S/C53H49BN2S/c1-51(2,3)34-23-26-38(27-24-34)56-46-33-39(55(36-17-11-9-12-18-36)37-19-13-10-14-20-37)32-43-48(46)54(45-31-35(52(4,5)6)25-29-42(45)53(43,7)8)44-30-28-41-40-21-15-16-22-47(40)57-50(41)49(44)56/h9-33H,1-8H3. The quantitative estimate of drug-likeness (QED) is 0.165. The Morgan fingerprint density at radius 1 is 0.544 bits per heavy atom. The molecule has 0 spiro atoms. The van der Waals surface area contributed by atoms with Gasteiger partial charge in [0.1, 0.15) is 0 Å². The lowest BCUT2D eigenvalue weighted by Crippen LogP contribution is -2.64. The summed E-state index contributed by atoms with van der Waals surface area (Å²) < 4.78 is 2.66. The van der Waals surface area contributed by atoms with E-state index in [2.05, 4.69) is 217 Å². The van der Waals surface area contributed by atoms with Gasteiger partial charge in [-0.2, -0.15) is 0 Å². The van der Waals surface area contributed by atoms with Gasteiger partial charge in [0, 0.05) is 49.3 Å². The summed E-state index contributed by atoms with van der Waals surface area (Å²) in [6.45, 7) is 18.9. The smallest absolute Gasteiger partial charge is 0.247 e. The van der Waals surface area contributed by atoms with Crippen LogP contribution in [0.5, 0.6) is 0 Å². The highest BCUT2D eigenvalue weighted by Crippen LogP contribution is 2.50. The molecule has 0 radical (unpaired) electrons. The first-order chi connectivity index (χ1) is 27.3. The van der Waals surface area contributed by atoms with Gasteiger partial charge in [-0.15, -0.1) is 11.3 Å². The molecule has 0 unspecified atom stereocenters. The number of hydrogen-bond acceptors (Lipinski definition) is 3. The number of hydrogen-bond donors (Lipinski definition) is 0. The van der Waals surface area contributed by atoms with Crippen LogP contribution in [0.3, 0.4) is 0 Å². The molecule has 3 heterocycles. The lowest BCUT2D eigenvalue weighted by atomic mass is 9.30. The normalized spacial score (nSPS) is 14.4. The second-order valence-electron chi connectivity index (χ2n) is 18.7. The fraction of sp³-hybridized carbons (Fsp3) is 0.208. The minimum atomic E-state index is -0.262. The Kier molecular flexibility index (Phi) is 7.99. The molecule has 0 aliphatic carbocycles. The van der Waals surface area contributed by atoms with E-state index in [9.17, 15) is 0 Å². The topological polar surface area (TPSA) is 6.48 Å². The van der Waals surface area contributed by atoms with Crippen molar-refractivity contribution in [3.8, 4) is 0 Å². The van der Waals surface area contributed by atoms with Crippen LogP contribution in [0.2, 0.25) is 0 Å². The predicted molar refractivity (Wildman–Crippen MR) is 249 cm³/mol. The number of nitrogens with zero attached hydrogens (tertiary/aromatic N) is 2. The summed E-state index contributed by atoms with van der Waals surface area (Å²) in [5, 5.41) is 2.64. The molecule has 0 bridgehead atoms. The SMILES string of the molecule is CC(C)(C)c1ccc(N2c3cc(N(c4ccccc4)c4ccccc4)cc4c3B(c3cc(C(C)(C)C)ccc3C4(C)C)c3ccc4c(sc5ccccc54)c32)cc1. The monoisotopic (exact) mass is 756 g/mol. The zero-order valence-corrected chi connectivity index (χ0v) is 35.1.